The number of rotatable bonds is 5. The first-order valence-electron chi connectivity index (χ1n) is 5.03. The van der Waals surface area contributed by atoms with Gasteiger partial charge < -0.3 is 10.6 Å². The quantitative estimate of drug-likeness (QED) is 0.547. The van der Waals surface area contributed by atoms with Crippen LogP contribution in [0.25, 0.3) is 0 Å². The van der Waals surface area contributed by atoms with Crippen LogP contribution in [-0.4, -0.2) is 23.2 Å². The molecule has 1 unspecified atom stereocenters. The zero-order valence-electron chi connectivity index (χ0n) is 9.12. The van der Waals surface area contributed by atoms with Crippen LogP contribution in [0.4, 0.5) is 0 Å². The lowest BCUT2D eigenvalue weighted by Gasteiger charge is -2.21. The second-order valence-corrected chi connectivity index (χ2v) is 5.03. The third-order valence-corrected chi connectivity index (χ3v) is 4.09. The van der Waals surface area contributed by atoms with Crippen LogP contribution in [0.5, 0.6) is 0 Å². The van der Waals surface area contributed by atoms with E-state index < -0.39 is 0 Å². The van der Waals surface area contributed by atoms with Crippen molar-refractivity contribution in [2.45, 2.75) is 30.0 Å². The van der Waals surface area contributed by atoms with Gasteiger partial charge in [-0.25, -0.2) is 0 Å². The summed E-state index contributed by atoms with van der Waals surface area (Å²) in [6, 6.07) is 0.252. The minimum Gasteiger partial charge on any atom is -0.385 e. The van der Waals surface area contributed by atoms with E-state index in [-0.39, 0.29) is 6.04 Å². The van der Waals surface area contributed by atoms with Gasteiger partial charge in [-0.15, -0.1) is 24.1 Å². The third kappa shape index (κ3) is 3.33. The van der Waals surface area contributed by atoms with Gasteiger partial charge in [0.1, 0.15) is 0 Å². The number of nitrogens with one attached hydrogen (secondary N) is 2. The van der Waals surface area contributed by atoms with Gasteiger partial charge in [0.2, 0.25) is 0 Å². The summed E-state index contributed by atoms with van der Waals surface area (Å²) in [5.41, 5.74) is 1.22. The first kappa shape index (κ1) is 12.2. The van der Waals surface area contributed by atoms with Crippen LogP contribution in [-0.2, 0) is 0 Å². The van der Waals surface area contributed by atoms with E-state index in [1.165, 1.54) is 5.57 Å². The second kappa shape index (κ2) is 5.89. The van der Waals surface area contributed by atoms with Gasteiger partial charge in [-0.1, -0.05) is 18.7 Å². The molecule has 1 heterocycles. The summed E-state index contributed by atoms with van der Waals surface area (Å²) in [5, 5.41) is 7.50. The van der Waals surface area contributed by atoms with Crippen molar-refractivity contribution in [2.24, 2.45) is 0 Å². The molecule has 0 aromatic carbocycles. The maximum atomic E-state index is 5.34. The standard InChI is InChI=1S/C12H18N2S/c1-5-7-10(13-6-2)12-14-8-11(15-12)9(3)4/h1,6,10-14H,2-3,7-8H2,4H3/t10-,11-,12?/m1/s1. The highest BCUT2D eigenvalue weighted by molar-refractivity contribution is 8.01. The molecule has 0 amide bonds. The van der Waals surface area contributed by atoms with Gasteiger partial charge in [-0.05, 0) is 13.1 Å². The van der Waals surface area contributed by atoms with Gasteiger partial charge in [-0.2, -0.15) is 0 Å². The van der Waals surface area contributed by atoms with Crippen molar-refractivity contribution in [3.8, 4) is 12.3 Å². The first-order valence-corrected chi connectivity index (χ1v) is 5.98. The molecule has 0 aliphatic carbocycles. The van der Waals surface area contributed by atoms with Crippen LogP contribution in [0.3, 0.4) is 0 Å². The van der Waals surface area contributed by atoms with Crippen LogP contribution in [0.1, 0.15) is 13.3 Å². The largest absolute Gasteiger partial charge is 0.385 e. The van der Waals surface area contributed by atoms with Crippen molar-refractivity contribution in [3.63, 3.8) is 0 Å². The molecule has 0 spiro atoms. The van der Waals surface area contributed by atoms with E-state index in [9.17, 15) is 0 Å². The summed E-state index contributed by atoms with van der Waals surface area (Å²) in [6.45, 7) is 10.7. The van der Waals surface area contributed by atoms with Crippen LogP contribution in [0, 0.1) is 12.3 Å². The van der Waals surface area contributed by atoms with Gasteiger partial charge in [0.15, 0.2) is 0 Å². The van der Waals surface area contributed by atoms with E-state index in [4.69, 9.17) is 6.42 Å². The average Bonchev–Trinajstić information content (AvgIpc) is 2.66. The fourth-order valence-corrected chi connectivity index (χ4v) is 2.89. The maximum Gasteiger partial charge on any atom is 0.0752 e. The van der Waals surface area contributed by atoms with Crippen molar-refractivity contribution in [1.82, 2.24) is 10.6 Å². The van der Waals surface area contributed by atoms with E-state index in [1.807, 2.05) is 11.8 Å². The Bertz CT molecular complexity index is 280. The topological polar surface area (TPSA) is 24.1 Å². The van der Waals surface area contributed by atoms with E-state index in [1.54, 1.807) is 6.20 Å². The molecule has 1 aliphatic heterocycles. The van der Waals surface area contributed by atoms with Crippen molar-refractivity contribution in [3.05, 3.63) is 24.9 Å². The minimum atomic E-state index is 0.252. The lowest BCUT2D eigenvalue weighted by atomic mass is 10.2. The Labute approximate surface area is 96.6 Å². The van der Waals surface area contributed by atoms with Crippen LogP contribution in [0.2, 0.25) is 0 Å². The Morgan fingerprint density at radius 3 is 3.07 bits per heavy atom. The van der Waals surface area contributed by atoms with Crippen molar-refractivity contribution in [2.75, 3.05) is 6.54 Å². The summed E-state index contributed by atoms with van der Waals surface area (Å²) in [6.07, 6.45) is 7.76. The highest BCUT2D eigenvalue weighted by Crippen LogP contribution is 2.29. The summed E-state index contributed by atoms with van der Waals surface area (Å²) in [4.78, 5) is 0. The zero-order valence-corrected chi connectivity index (χ0v) is 9.94. The molecule has 0 saturated carbocycles. The first-order chi connectivity index (χ1) is 7.19. The Kier molecular flexibility index (Phi) is 4.80. The number of thioether (sulfide) groups is 1. The highest BCUT2D eigenvalue weighted by atomic mass is 32.2. The molecule has 1 fully saturated rings. The predicted octanol–water partition coefficient (Wildman–Crippen LogP) is 1.72. The van der Waals surface area contributed by atoms with Gasteiger partial charge in [-0.3, -0.25) is 0 Å². The van der Waals surface area contributed by atoms with E-state index in [0.29, 0.717) is 17.0 Å². The second-order valence-electron chi connectivity index (χ2n) is 3.69. The Hall–Kier alpha value is -0.850. The molecule has 82 valence electrons. The summed E-state index contributed by atoms with van der Waals surface area (Å²) in [7, 11) is 0. The van der Waals surface area contributed by atoms with Crippen LogP contribution in [0.15, 0.2) is 24.9 Å². The summed E-state index contributed by atoms with van der Waals surface area (Å²) < 4.78 is 0. The van der Waals surface area contributed by atoms with Gasteiger partial charge >= 0.3 is 0 Å². The molecule has 0 aromatic rings. The Balaban J connectivity index is 2.52. The molecule has 3 atom stereocenters. The summed E-state index contributed by atoms with van der Waals surface area (Å²) >= 11 is 1.89. The van der Waals surface area contributed by atoms with Crippen molar-refractivity contribution >= 4 is 11.8 Å². The molecule has 1 saturated heterocycles. The molecule has 2 nitrogen and oxygen atoms in total. The summed E-state index contributed by atoms with van der Waals surface area (Å²) in [5.74, 6) is 2.69. The normalized spacial score (nSPS) is 26.7. The fourth-order valence-electron chi connectivity index (χ4n) is 1.56. The van der Waals surface area contributed by atoms with E-state index in [0.717, 1.165) is 6.54 Å². The van der Waals surface area contributed by atoms with Gasteiger partial charge in [0.25, 0.3) is 0 Å². The fraction of sp³-hybridized carbons (Fsp3) is 0.500. The molecule has 3 heteroatoms. The Morgan fingerprint density at radius 1 is 1.87 bits per heavy atom. The van der Waals surface area contributed by atoms with Crippen LogP contribution >= 0.6 is 11.8 Å². The molecule has 0 aromatic heterocycles. The van der Waals surface area contributed by atoms with Crippen LogP contribution < -0.4 is 10.6 Å². The Morgan fingerprint density at radius 2 is 2.60 bits per heavy atom. The van der Waals surface area contributed by atoms with Gasteiger partial charge in [0, 0.05) is 18.2 Å². The monoisotopic (exact) mass is 222 g/mol. The lowest BCUT2D eigenvalue weighted by Crippen LogP contribution is -2.40. The average molecular weight is 222 g/mol. The number of hydrogen-bond donors (Lipinski definition) is 2. The minimum absolute atomic E-state index is 0.252. The molecule has 2 N–H and O–H groups in total. The van der Waals surface area contributed by atoms with Crippen molar-refractivity contribution < 1.29 is 0 Å². The lowest BCUT2D eigenvalue weighted by molar-refractivity contribution is 0.522. The van der Waals surface area contributed by atoms with E-state index in [2.05, 4.69) is 36.6 Å². The number of hydrogen-bond acceptors (Lipinski definition) is 3. The smallest absolute Gasteiger partial charge is 0.0752 e. The number of terminal acetylenes is 1. The molecule has 1 rings (SSSR count). The predicted molar refractivity (Wildman–Crippen MR) is 68.6 cm³/mol. The SMILES string of the molecule is C#CC[C@@H](NC=C)C1NC[C@H](C(=C)C)S1. The third-order valence-electron chi connectivity index (χ3n) is 2.40. The van der Waals surface area contributed by atoms with Gasteiger partial charge in [0.05, 0.1) is 11.4 Å². The molecular formula is C12H18N2S. The van der Waals surface area contributed by atoms with E-state index >= 15 is 0 Å². The molecule has 1 aliphatic rings. The zero-order chi connectivity index (χ0) is 11.3. The molecule has 0 radical (unpaired) electrons. The molecule has 0 bridgehead atoms. The maximum absolute atomic E-state index is 5.34. The van der Waals surface area contributed by atoms with Crippen molar-refractivity contribution in [1.29, 1.82) is 0 Å². The highest BCUT2D eigenvalue weighted by Gasteiger charge is 2.30. The molecule has 15 heavy (non-hydrogen) atoms. The molecular weight excluding hydrogens is 204 g/mol.